The number of hydrogen-bond donors (Lipinski definition) is 0. The van der Waals surface area contributed by atoms with Crippen LogP contribution in [0.2, 0.25) is 20.1 Å². The van der Waals surface area contributed by atoms with E-state index in [4.69, 9.17) is 69.6 Å². The van der Waals surface area contributed by atoms with Crippen molar-refractivity contribution in [2.45, 2.75) is 11.8 Å². The molecular weight excluding hydrogens is 549 g/mol. The average Bonchev–Trinajstić information content (AvgIpc) is 2.84. The second kappa shape index (κ2) is 11.4. The predicted molar refractivity (Wildman–Crippen MR) is 148 cm³/mol. The lowest BCUT2D eigenvalue weighted by atomic mass is 9.86. The molecule has 4 aromatic carbocycles. The Labute approximate surface area is 229 Å². The lowest BCUT2D eigenvalue weighted by molar-refractivity contribution is 0.940. The third-order valence-electron chi connectivity index (χ3n) is 5.55. The van der Waals surface area contributed by atoms with Crippen molar-refractivity contribution >= 4 is 69.6 Å². The maximum absolute atomic E-state index is 7.13. The Hall–Kier alpha value is -1.64. The highest BCUT2D eigenvalue weighted by Gasteiger charge is 2.27. The summed E-state index contributed by atoms with van der Waals surface area (Å²) in [5, 5.41) is 3.58. The van der Waals surface area contributed by atoms with Crippen molar-refractivity contribution in [2.75, 3.05) is 0 Å². The predicted octanol–water partition coefficient (Wildman–Crippen LogP) is 11.0. The first kappa shape index (κ1) is 25.5. The Morgan fingerprint density at radius 2 is 0.529 bits per heavy atom. The van der Waals surface area contributed by atoms with Crippen LogP contribution in [0, 0.1) is 0 Å². The summed E-state index contributed by atoms with van der Waals surface area (Å²) in [6, 6.07) is 30.3. The van der Waals surface area contributed by atoms with E-state index in [0.717, 1.165) is 22.3 Å². The van der Waals surface area contributed by atoms with E-state index in [0.29, 0.717) is 30.2 Å². The van der Waals surface area contributed by atoms with Gasteiger partial charge in [-0.05, 0) is 70.8 Å². The fourth-order valence-electron chi connectivity index (χ4n) is 3.87. The van der Waals surface area contributed by atoms with Gasteiger partial charge in [0.25, 0.3) is 0 Å². The van der Waals surface area contributed by atoms with Crippen LogP contribution in [0.25, 0.3) is 0 Å². The molecule has 0 spiro atoms. The Bertz CT molecular complexity index is 1080. The number of allylic oxidation sites excluding steroid dienone is 2. The molecule has 0 radical (unpaired) electrons. The van der Waals surface area contributed by atoms with Crippen LogP contribution in [0.1, 0.15) is 34.1 Å². The Morgan fingerprint density at radius 1 is 0.353 bits per heavy atom. The van der Waals surface area contributed by atoms with E-state index in [1.807, 2.05) is 97.1 Å². The average molecular weight is 567 g/mol. The molecule has 0 aliphatic heterocycles. The number of halogens is 6. The first-order valence-corrected chi connectivity index (χ1v) is 12.7. The Morgan fingerprint density at radius 3 is 0.706 bits per heavy atom. The molecule has 0 saturated heterocycles. The summed E-state index contributed by atoms with van der Waals surface area (Å²) in [7, 11) is 0. The molecule has 0 aliphatic carbocycles. The van der Waals surface area contributed by atoms with Crippen LogP contribution in [-0.2, 0) is 0 Å². The van der Waals surface area contributed by atoms with E-state index in [1.165, 1.54) is 0 Å². The molecule has 0 heterocycles. The lowest BCUT2D eigenvalue weighted by Crippen LogP contribution is -2.08. The minimum Gasteiger partial charge on any atom is -0.0868 e. The summed E-state index contributed by atoms with van der Waals surface area (Å²) in [5.41, 5.74) is 3.84. The standard InChI is InChI=1S/C28H18Cl6/c29-21-9-1-17(2-10-21)25(18-3-11-22(30)12-4-18)27(33)28(34)26(19-5-13-23(31)14-6-19)20-7-15-24(32)16-8-20/h1-16,25-26H. The molecule has 0 fully saturated rings. The van der Waals surface area contributed by atoms with Crippen molar-refractivity contribution in [1.29, 1.82) is 0 Å². The van der Waals surface area contributed by atoms with Gasteiger partial charge in [0.2, 0.25) is 0 Å². The quantitative estimate of drug-likeness (QED) is 0.218. The molecule has 0 aromatic heterocycles. The van der Waals surface area contributed by atoms with Crippen LogP contribution in [0.4, 0.5) is 0 Å². The van der Waals surface area contributed by atoms with Crippen molar-refractivity contribution < 1.29 is 0 Å². The first-order valence-electron chi connectivity index (χ1n) is 10.4. The molecule has 4 aromatic rings. The van der Waals surface area contributed by atoms with Crippen molar-refractivity contribution in [1.82, 2.24) is 0 Å². The lowest BCUT2D eigenvalue weighted by Gasteiger charge is -2.24. The van der Waals surface area contributed by atoms with Crippen LogP contribution in [0.5, 0.6) is 0 Å². The third-order valence-corrected chi connectivity index (χ3v) is 7.50. The molecule has 0 N–H and O–H groups in total. The minimum absolute atomic E-state index is 0.314. The molecule has 0 bridgehead atoms. The molecule has 6 heteroatoms. The van der Waals surface area contributed by atoms with Crippen molar-refractivity contribution in [2.24, 2.45) is 0 Å². The van der Waals surface area contributed by atoms with Gasteiger partial charge in [-0.15, -0.1) is 0 Å². The first-order chi connectivity index (χ1) is 16.3. The largest absolute Gasteiger partial charge is 0.0868 e. The van der Waals surface area contributed by atoms with E-state index in [2.05, 4.69) is 0 Å². The van der Waals surface area contributed by atoms with Crippen LogP contribution in [0.15, 0.2) is 107 Å². The van der Waals surface area contributed by atoms with E-state index in [9.17, 15) is 0 Å². The molecule has 34 heavy (non-hydrogen) atoms. The van der Waals surface area contributed by atoms with Gasteiger partial charge >= 0.3 is 0 Å². The molecule has 0 saturated carbocycles. The zero-order valence-corrected chi connectivity index (χ0v) is 22.2. The molecule has 0 amide bonds. The van der Waals surface area contributed by atoms with Crippen LogP contribution in [-0.4, -0.2) is 0 Å². The van der Waals surface area contributed by atoms with Crippen LogP contribution >= 0.6 is 69.6 Å². The molecule has 0 unspecified atom stereocenters. The number of rotatable bonds is 6. The summed E-state index contributed by atoms with van der Waals surface area (Å²) < 4.78 is 0. The SMILES string of the molecule is ClC(=C(Cl)C(c1ccc(Cl)cc1)c1ccc(Cl)cc1)C(c1ccc(Cl)cc1)c1ccc(Cl)cc1. The van der Waals surface area contributed by atoms with Gasteiger partial charge in [0, 0.05) is 42.0 Å². The maximum Gasteiger partial charge on any atom is 0.0459 e. The highest BCUT2D eigenvalue weighted by Crippen LogP contribution is 2.44. The highest BCUT2D eigenvalue weighted by atomic mass is 35.5. The summed E-state index contributed by atoms with van der Waals surface area (Å²) in [4.78, 5) is 0. The third kappa shape index (κ3) is 5.94. The highest BCUT2D eigenvalue weighted by molar-refractivity contribution is 6.40. The molecule has 0 nitrogen and oxygen atoms in total. The fraction of sp³-hybridized carbons (Fsp3) is 0.0714. The van der Waals surface area contributed by atoms with E-state index in [-0.39, 0.29) is 11.8 Å². The Kier molecular flexibility index (Phi) is 8.53. The van der Waals surface area contributed by atoms with E-state index in [1.54, 1.807) is 0 Å². The summed E-state index contributed by atoms with van der Waals surface area (Å²) in [5.74, 6) is -0.628. The minimum atomic E-state index is -0.314. The zero-order valence-electron chi connectivity index (χ0n) is 17.7. The van der Waals surface area contributed by atoms with Gasteiger partial charge in [-0.1, -0.05) is 118 Å². The van der Waals surface area contributed by atoms with Gasteiger partial charge < -0.3 is 0 Å². The van der Waals surface area contributed by atoms with Crippen LogP contribution in [0.3, 0.4) is 0 Å². The maximum atomic E-state index is 7.13. The molecular formula is C28H18Cl6. The zero-order chi connectivity index (χ0) is 24.2. The smallest absolute Gasteiger partial charge is 0.0459 e. The monoisotopic (exact) mass is 564 g/mol. The van der Waals surface area contributed by atoms with Gasteiger partial charge in [-0.2, -0.15) is 0 Å². The van der Waals surface area contributed by atoms with Crippen molar-refractivity contribution in [3.05, 3.63) is 149 Å². The number of benzene rings is 4. The van der Waals surface area contributed by atoms with Gasteiger partial charge in [0.1, 0.15) is 0 Å². The second-order valence-electron chi connectivity index (χ2n) is 7.77. The van der Waals surface area contributed by atoms with E-state index >= 15 is 0 Å². The van der Waals surface area contributed by atoms with Crippen molar-refractivity contribution in [3.8, 4) is 0 Å². The molecule has 0 atom stereocenters. The summed E-state index contributed by atoms with van der Waals surface area (Å²) in [6.45, 7) is 0. The van der Waals surface area contributed by atoms with E-state index < -0.39 is 0 Å². The second-order valence-corrected chi connectivity index (χ2v) is 10.3. The van der Waals surface area contributed by atoms with Crippen molar-refractivity contribution in [3.63, 3.8) is 0 Å². The molecule has 4 rings (SSSR count). The van der Waals surface area contributed by atoms with Gasteiger partial charge in [-0.3, -0.25) is 0 Å². The van der Waals surface area contributed by atoms with Gasteiger partial charge in [0.15, 0.2) is 0 Å². The summed E-state index contributed by atoms with van der Waals surface area (Å²) >= 11 is 38.9. The molecule has 0 aliphatic rings. The van der Waals surface area contributed by atoms with Crippen LogP contribution < -0.4 is 0 Å². The molecule has 172 valence electrons. The Balaban J connectivity index is 1.90. The van der Waals surface area contributed by atoms with Gasteiger partial charge in [-0.25, -0.2) is 0 Å². The fourth-order valence-corrected chi connectivity index (χ4v) is 5.09. The summed E-state index contributed by atoms with van der Waals surface area (Å²) in [6.07, 6.45) is 0. The normalized spacial score (nSPS) is 12.2. The number of hydrogen-bond acceptors (Lipinski definition) is 0. The van der Waals surface area contributed by atoms with Gasteiger partial charge in [0.05, 0.1) is 0 Å². The topological polar surface area (TPSA) is 0 Å².